The third kappa shape index (κ3) is 3.91. The molecule has 0 radical (unpaired) electrons. The van der Waals surface area contributed by atoms with Crippen molar-refractivity contribution in [2.75, 3.05) is 20.2 Å². The average Bonchev–Trinajstić information content (AvgIpc) is 3.33. The van der Waals surface area contributed by atoms with E-state index < -0.39 is 5.60 Å². The van der Waals surface area contributed by atoms with Crippen LogP contribution < -0.4 is 0 Å². The monoisotopic (exact) mass is 402 g/mol. The van der Waals surface area contributed by atoms with E-state index in [4.69, 9.17) is 4.74 Å². The van der Waals surface area contributed by atoms with Crippen LogP contribution in [0.15, 0.2) is 30.5 Å². The number of methoxy groups -OCH3 is 1. The number of aliphatic hydroxyl groups is 1. The van der Waals surface area contributed by atoms with Gasteiger partial charge in [0.1, 0.15) is 17.1 Å². The summed E-state index contributed by atoms with van der Waals surface area (Å²) in [5.41, 5.74) is -0.0194. The van der Waals surface area contributed by atoms with Crippen LogP contribution >= 0.6 is 0 Å². The first-order valence-electron chi connectivity index (χ1n) is 9.98. The number of amides is 1. The number of carbonyl (C=O) groups excluding carboxylic acids is 1. The molecule has 2 fully saturated rings. The van der Waals surface area contributed by atoms with Crippen LogP contribution in [0.2, 0.25) is 0 Å². The van der Waals surface area contributed by atoms with Gasteiger partial charge < -0.3 is 14.7 Å². The van der Waals surface area contributed by atoms with Crippen LogP contribution in [-0.2, 0) is 10.3 Å². The molecule has 1 aromatic heterocycles. The second-order valence-electron chi connectivity index (χ2n) is 8.69. The van der Waals surface area contributed by atoms with Crippen molar-refractivity contribution in [3.8, 4) is 0 Å². The summed E-state index contributed by atoms with van der Waals surface area (Å²) in [6, 6.07) is 5.71. The number of aromatic nitrogens is 3. The van der Waals surface area contributed by atoms with Crippen LogP contribution in [0.25, 0.3) is 0 Å². The van der Waals surface area contributed by atoms with Gasteiger partial charge in [0.25, 0.3) is 5.91 Å². The van der Waals surface area contributed by atoms with E-state index in [0.717, 1.165) is 12.8 Å². The van der Waals surface area contributed by atoms with Crippen molar-refractivity contribution in [2.45, 2.75) is 44.4 Å². The molecule has 0 unspecified atom stereocenters. The Balaban J connectivity index is 1.50. The summed E-state index contributed by atoms with van der Waals surface area (Å²) in [5.74, 6) is 0.291. The Morgan fingerprint density at radius 2 is 1.86 bits per heavy atom. The third-order valence-electron chi connectivity index (χ3n) is 6.24. The molecule has 1 aliphatic heterocycles. The predicted molar refractivity (Wildman–Crippen MR) is 104 cm³/mol. The van der Waals surface area contributed by atoms with E-state index in [1.165, 1.54) is 24.3 Å². The van der Waals surface area contributed by atoms with E-state index >= 15 is 0 Å². The van der Waals surface area contributed by atoms with Gasteiger partial charge in [-0.05, 0) is 62.8 Å². The Kier molecular flexibility index (Phi) is 5.16. The van der Waals surface area contributed by atoms with Crippen molar-refractivity contribution >= 4 is 5.91 Å². The molecule has 1 aliphatic carbocycles. The summed E-state index contributed by atoms with van der Waals surface area (Å²) < 4.78 is 20.7. The topological polar surface area (TPSA) is 80.5 Å². The van der Waals surface area contributed by atoms with Gasteiger partial charge in [-0.25, -0.2) is 9.07 Å². The molecule has 1 N–H and O–H groups in total. The maximum atomic E-state index is 13.2. The van der Waals surface area contributed by atoms with Gasteiger partial charge in [-0.2, -0.15) is 0 Å². The number of hydrogen-bond acceptors (Lipinski definition) is 5. The van der Waals surface area contributed by atoms with Gasteiger partial charge in [-0.1, -0.05) is 5.21 Å². The number of likely N-dealkylation sites (tertiary alicyclic amines) is 1. The second-order valence-corrected chi connectivity index (χ2v) is 8.69. The zero-order valence-corrected chi connectivity index (χ0v) is 17.0. The lowest BCUT2D eigenvalue weighted by atomic mass is 9.77. The number of fused-ring (bicyclic) bond motifs is 1. The maximum Gasteiger partial charge on any atom is 0.253 e. The zero-order chi connectivity index (χ0) is 20.8. The normalized spacial score (nSPS) is 27.1. The van der Waals surface area contributed by atoms with Crippen molar-refractivity contribution in [1.82, 2.24) is 19.9 Å². The van der Waals surface area contributed by atoms with E-state index in [-0.39, 0.29) is 23.9 Å². The zero-order valence-electron chi connectivity index (χ0n) is 17.0. The van der Waals surface area contributed by atoms with Crippen molar-refractivity contribution in [2.24, 2.45) is 11.8 Å². The molecule has 8 heteroatoms. The van der Waals surface area contributed by atoms with Gasteiger partial charge in [0, 0.05) is 25.8 Å². The Hall–Kier alpha value is -2.32. The number of hydrogen-bond donors (Lipinski definition) is 1. The van der Waals surface area contributed by atoms with E-state index in [2.05, 4.69) is 10.3 Å². The van der Waals surface area contributed by atoms with Crippen molar-refractivity contribution in [3.05, 3.63) is 47.5 Å². The van der Waals surface area contributed by atoms with E-state index in [9.17, 15) is 14.3 Å². The Morgan fingerprint density at radius 1 is 1.21 bits per heavy atom. The molecule has 4 rings (SSSR count). The Labute approximate surface area is 169 Å². The number of ether oxygens (including phenoxy) is 1. The molecule has 1 amide bonds. The number of rotatable bonds is 4. The first kappa shape index (κ1) is 20.0. The smallest absolute Gasteiger partial charge is 0.253 e. The van der Waals surface area contributed by atoms with E-state index in [1.807, 2.05) is 4.90 Å². The molecule has 2 aliphatic rings. The summed E-state index contributed by atoms with van der Waals surface area (Å²) in [6.45, 7) is 4.71. The van der Waals surface area contributed by atoms with E-state index in [1.54, 1.807) is 31.8 Å². The van der Waals surface area contributed by atoms with Gasteiger partial charge in [0.15, 0.2) is 0 Å². The molecule has 156 valence electrons. The molecule has 2 aromatic rings. The van der Waals surface area contributed by atoms with Crippen LogP contribution in [0.1, 0.15) is 48.8 Å². The van der Waals surface area contributed by atoms with Gasteiger partial charge in [0.05, 0.1) is 18.3 Å². The molecular formula is C21H27FN4O3. The fourth-order valence-corrected chi connectivity index (χ4v) is 4.58. The number of benzene rings is 1. The second kappa shape index (κ2) is 7.50. The number of nitrogens with zero attached hydrogens (tertiary/aromatic N) is 4. The fourth-order valence-electron chi connectivity index (χ4n) is 4.58. The molecule has 0 bridgehead atoms. The molecule has 1 saturated heterocycles. The highest BCUT2D eigenvalue weighted by Gasteiger charge is 2.45. The van der Waals surface area contributed by atoms with Crippen LogP contribution in [0.5, 0.6) is 0 Å². The first-order chi connectivity index (χ1) is 13.8. The molecule has 4 atom stereocenters. The molecule has 1 saturated carbocycles. The minimum absolute atomic E-state index is 0.00530. The van der Waals surface area contributed by atoms with Gasteiger partial charge in [-0.3, -0.25) is 4.79 Å². The highest BCUT2D eigenvalue weighted by Crippen LogP contribution is 2.42. The summed E-state index contributed by atoms with van der Waals surface area (Å²) in [6.07, 6.45) is 3.41. The predicted octanol–water partition coefficient (Wildman–Crippen LogP) is 2.38. The van der Waals surface area contributed by atoms with E-state index in [0.29, 0.717) is 36.2 Å². The van der Waals surface area contributed by atoms with Gasteiger partial charge in [0.2, 0.25) is 0 Å². The van der Waals surface area contributed by atoms with Crippen LogP contribution in [0.3, 0.4) is 0 Å². The fraction of sp³-hybridized carbons (Fsp3) is 0.571. The lowest BCUT2D eigenvalue weighted by Gasteiger charge is -2.36. The molecule has 7 nitrogen and oxygen atoms in total. The van der Waals surface area contributed by atoms with Crippen LogP contribution in [0.4, 0.5) is 4.39 Å². The third-order valence-corrected chi connectivity index (χ3v) is 6.24. The summed E-state index contributed by atoms with van der Waals surface area (Å²) in [4.78, 5) is 14.7. The quantitative estimate of drug-likeness (QED) is 0.849. The highest BCUT2D eigenvalue weighted by atomic mass is 19.1. The Morgan fingerprint density at radius 3 is 2.45 bits per heavy atom. The number of carbonyl (C=O) groups is 1. The number of halogens is 1. The molecular weight excluding hydrogens is 375 g/mol. The largest absolute Gasteiger partial charge is 0.384 e. The highest BCUT2D eigenvalue weighted by molar-refractivity contribution is 5.94. The summed E-state index contributed by atoms with van der Waals surface area (Å²) in [5, 5.41) is 18.5. The lowest BCUT2D eigenvalue weighted by Crippen LogP contribution is -2.37. The first-order valence-corrected chi connectivity index (χ1v) is 9.98. The van der Waals surface area contributed by atoms with Crippen LogP contribution in [0, 0.1) is 17.7 Å². The van der Waals surface area contributed by atoms with Crippen molar-refractivity contribution in [1.29, 1.82) is 0 Å². The molecule has 29 heavy (non-hydrogen) atoms. The summed E-state index contributed by atoms with van der Waals surface area (Å²) >= 11 is 0. The maximum absolute atomic E-state index is 13.2. The minimum atomic E-state index is -1.05. The average molecular weight is 402 g/mol. The molecule has 1 aromatic carbocycles. The van der Waals surface area contributed by atoms with Gasteiger partial charge in [-0.15, -0.1) is 5.10 Å². The summed E-state index contributed by atoms with van der Waals surface area (Å²) in [7, 11) is 1.70. The standard InChI is InChI=1S/C21H27FN4O3/c1-21(2,28)19-12-26(24-23-19)17-8-14-10-25(11-15(14)9-18(17)29-3)20(27)13-4-6-16(22)7-5-13/h4-7,12,14-15,17-18,28H,8-11H2,1-3H3/t14-,15+,17-,18-/m1/s1. The minimum Gasteiger partial charge on any atom is -0.384 e. The van der Waals surface area contributed by atoms with Crippen molar-refractivity contribution < 1.29 is 19.0 Å². The Bertz CT molecular complexity index is 877. The molecule has 2 heterocycles. The lowest BCUT2D eigenvalue weighted by molar-refractivity contribution is -0.00555. The molecule has 0 spiro atoms. The van der Waals surface area contributed by atoms with Crippen molar-refractivity contribution in [3.63, 3.8) is 0 Å². The SMILES string of the molecule is CO[C@@H]1C[C@H]2CN(C(=O)c3ccc(F)cc3)C[C@H]2C[C@H]1n1cc(C(C)(C)O)nn1. The van der Waals surface area contributed by atoms with Gasteiger partial charge >= 0.3 is 0 Å². The van der Waals surface area contributed by atoms with Crippen LogP contribution in [-0.4, -0.2) is 57.2 Å².